The first kappa shape index (κ1) is 14.9. The maximum atomic E-state index is 11.8. The summed E-state index contributed by atoms with van der Waals surface area (Å²) in [6.45, 7) is 3.79. The van der Waals surface area contributed by atoms with Gasteiger partial charge in [0, 0.05) is 25.2 Å². The Kier molecular flexibility index (Phi) is 5.05. The molecule has 0 aliphatic heterocycles. The van der Waals surface area contributed by atoms with E-state index >= 15 is 0 Å². The van der Waals surface area contributed by atoms with Crippen LogP contribution in [0.4, 0.5) is 0 Å². The molecule has 0 spiro atoms. The van der Waals surface area contributed by atoms with E-state index < -0.39 is 14.9 Å². The fourth-order valence-electron chi connectivity index (χ4n) is 1.30. The van der Waals surface area contributed by atoms with E-state index in [4.69, 9.17) is 0 Å². The number of rotatable bonds is 6. The molecule has 0 aromatic carbocycles. The average Bonchev–Trinajstić information content (AvgIpc) is 2.58. The normalized spacial score (nSPS) is 11.4. The summed E-state index contributed by atoms with van der Waals surface area (Å²) in [6, 6.07) is 0. The second kappa shape index (κ2) is 6.12. The van der Waals surface area contributed by atoms with Crippen LogP contribution >= 0.6 is 11.3 Å². The molecule has 1 aromatic rings. The van der Waals surface area contributed by atoms with Crippen molar-refractivity contribution in [3.8, 4) is 0 Å². The number of amides is 1. The molecule has 9 heteroatoms. The van der Waals surface area contributed by atoms with Gasteiger partial charge in [-0.25, -0.2) is 13.1 Å². The molecule has 1 heterocycles. The molecule has 1 rings (SSSR count). The number of aryl methyl sites for hydroxylation is 1. The van der Waals surface area contributed by atoms with Crippen molar-refractivity contribution in [1.29, 1.82) is 0 Å². The highest BCUT2D eigenvalue weighted by Crippen LogP contribution is 2.14. The number of carbonyl (C=O) groups excluding carboxylic acids is 1. The Bertz CT molecular complexity index is 573. The SMILES string of the molecule is CCNC(=O)CCNS(=O)(=O)c1sc(=O)[nH]c1C. The third-order valence-corrected chi connectivity index (χ3v) is 5.11. The summed E-state index contributed by atoms with van der Waals surface area (Å²) < 4.78 is 25.9. The molecule has 3 N–H and O–H groups in total. The molecular formula is C9H15N3O4S2. The molecule has 0 radical (unpaired) electrons. The van der Waals surface area contributed by atoms with Crippen LogP contribution in [0, 0.1) is 6.92 Å². The Morgan fingerprint density at radius 2 is 2.11 bits per heavy atom. The van der Waals surface area contributed by atoms with Crippen LogP contribution in [0.15, 0.2) is 9.00 Å². The van der Waals surface area contributed by atoms with Gasteiger partial charge in [-0.15, -0.1) is 0 Å². The number of aromatic amines is 1. The zero-order valence-electron chi connectivity index (χ0n) is 10.1. The lowest BCUT2D eigenvalue weighted by molar-refractivity contribution is -0.120. The second-order valence-corrected chi connectivity index (χ2v) is 6.47. The summed E-state index contributed by atoms with van der Waals surface area (Å²) in [7, 11) is -3.72. The van der Waals surface area contributed by atoms with Crippen LogP contribution in [0.25, 0.3) is 0 Å². The molecule has 0 aliphatic carbocycles. The van der Waals surface area contributed by atoms with E-state index in [-0.39, 0.29) is 23.1 Å². The van der Waals surface area contributed by atoms with Crippen molar-refractivity contribution in [2.45, 2.75) is 24.5 Å². The highest BCUT2D eigenvalue weighted by molar-refractivity contribution is 7.91. The van der Waals surface area contributed by atoms with Crippen LogP contribution in [0.1, 0.15) is 19.0 Å². The van der Waals surface area contributed by atoms with Crippen molar-refractivity contribution in [3.05, 3.63) is 15.4 Å². The van der Waals surface area contributed by atoms with Crippen LogP contribution in [0.2, 0.25) is 0 Å². The minimum Gasteiger partial charge on any atom is -0.356 e. The summed E-state index contributed by atoms with van der Waals surface area (Å²) >= 11 is 0.628. The van der Waals surface area contributed by atoms with E-state index in [1.807, 2.05) is 0 Å². The zero-order chi connectivity index (χ0) is 13.8. The van der Waals surface area contributed by atoms with E-state index in [0.717, 1.165) is 0 Å². The largest absolute Gasteiger partial charge is 0.356 e. The van der Waals surface area contributed by atoms with Gasteiger partial charge in [0.1, 0.15) is 0 Å². The zero-order valence-corrected chi connectivity index (χ0v) is 11.7. The van der Waals surface area contributed by atoms with Gasteiger partial charge in [-0.05, 0) is 13.8 Å². The predicted molar refractivity (Wildman–Crippen MR) is 68.2 cm³/mol. The summed E-state index contributed by atoms with van der Waals surface area (Å²) in [4.78, 5) is 24.1. The molecule has 102 valence electrons. The van der Waals surface area contributed by atoms with Gasteiger partial charge in [0.05, 0.1) is 0 Å². The molecule has 18 heavy (non-hydrogen) atoms. The first-order valence-electron chi connectivity index (χ1n) is 5.33. The van der Waals surface area contributed by atoms with Gasteiger partial charge in [0.15, 0.2) is 4.21 Å². The summed E-state index contributed by atoms with van der Waals surface area (Å²) in [5.74, 6) is -0.223. The van der Waals surface area contributed by atoms with Crippen LogP contribution < -0.4 is 14.9 Å². The number of sulfonamides is 1. The highest BCUT2D eigenvalue weighted by atomic mass is 32.2. The quantitative estimate of drug-likeness (QED) is 0.660. The third kappa shape index (κ3) is 3.93. The number of H-pyrrole nitrogens is 1. The lowest BCUT2D eigenvalue weighted by atomic mass is 10.4. The van der Waals surface area contributed by atoms with E-state index in [9.17, 15) is 18.0 Å². The number of carbonyl (C=O) groups is 1. The lowest BCUT2D eigenvalue weighted by Crippen LogP contribution is -2.30. The minimum atomic E-state index is -3.72. The van der Waals surface area contributed by atoms with E-state index in [2.05, 4.69) is 15.0 Å². The van der Waals surface area contributed by atoms with Gasteiger partial charge in [0.25, 0.3) is 10.0 Å². The van der Waals surface area contributed by atoms with Crippen molar-refractivity contribution < 1.29 is 13.2 Å². The predicted octanol–water partition coefficient (Wildman–Crippen LogP) is -0.451. The molecule has 0 saturated heterocycles. The molecule has 0 aliphatic rings. The second-order valence-electron chi connectivity index (χ2n) is 3.53. The first-order chi connectivity index (χ1) is 8.36. The summed E-state index contributed by atoms with van der Waals surface area (Å²) in [6.07, 6.45) is 0.0610. The smallest absolute Gasteiger partial charge is 0.305 e. The van der Waals surface area contributed by atoms with Crippen LogP contribution in [0.3, 0.4) is 0 Å². The van der Waals surface area contributed by atoms with Crippen LogP contribution in [-0.2, 0) is 14.8 Å². The molecule has 0 saturated carbocycles. The van der Waals surface area contributed by atoms with Crippen molar-refractivity contribution in [2.24, 2.45) is 0 Å². The highest BCUT2D eigenvalue weighted by Gasteiger charge is 2.20. The number of nitrogens with one attached hydrogen (secondary N) is 3. The molecule has 0 unspecified atom stereocenters. The number of hydrogen-bond donors (Lipinski definition) is 3. The Morgan fingerprint density at radius 1 is 1.44 bits per heavy atom. The molecular weight excluding hydrogens is 278 g/mol. The molecule has 1 aromatic heterocycles. The minimum absolute atomic E-state index is 0.000300. The molecule has 7 nitrogen and oxygen atoms in total. The van der Waals surface area contributed by atoms with Crippen LogP contribution in [-0.4, -0.2) is 32.4 Å². The summed E-state index contributed by atoms with van der Waals surface area (Å²) in [5, 5.41) is 2.56. The summed E-state index contributed by atoms with van der Waals surface area (Å²) in [5.41, 5.74) is 0.301. The monoisotopic (exact) mass is 293 g/mol. The Hall–Kier alpha value is -1.19. The first-order valence-corrected chi connectivity index (χ1v) is 7.63. The number of aromatic nitrogens is 1. The van der Waals surface area contributed by atoms with Gasteiger partial charge in [-0.1, -0.05) is 11.3 Å². The van der Waals surface area contributed by atoms with Gasteiger partial charge in [-0.3, -0.25) is 9.59 Å². The van der Waals surface area contributed by atoms with E-state index in [1.54, 1.807) is 6.92 Å². The van der Waals surface area contributed by atoms with Crippen molar-refractivity contribution in [3.63, 3.8) is 0 Å². The van der Waals surface area contributed by atoms with Crippen molar-refractivity contribution in [2.75, 3.05) is 13.1 Å². The van der Waals surface area contributed by atoms with Crippen molar-refractivity contribution >= 4 is 27.3 Å². The maximum absolute atomic E-state index is 11.8. The number of hydrogen-bond acceptors (Lipinski definition) is 5. The molecule has 0 bridgehead atoms. The fourth-order valence-corrected chi connectivity index (χ4v) is 3.67. The Morgan fingerprint density at radius 3 is 2.61 bits per heavy atom. The Balaban J connectivity index is 2.64. The van der Waals surface area contributed by atoms with E-state index in [1.165, 1.54) is 6.92 Å². The topological polar surface area (TPSA) is 108 Å². The standard InChI is InChI=1S/C9H15N3O4S2/c1-3-10-7(13)4-5-11-18(15,16)8-6(2)12-9(14)17-8/h11H,3-5H2,1-2H3,(H,10,13)(H,12,14). The third-order valence-electron chi connectivity index (χ3n) is 2.04. The fraction of sp³-hybridized carbons (Fsp3) is 0.556. The maximum Gasteiger partial charge on any atom is 0.305 e. The lowest BCUT2D eigenvalue weighted by Gasteiger charge is -2.05. The van der Waals surface area contributed by atoms with Gasteiger partial charge < -0.3 is 10.3 Å². The van der Waals surface area contributed by atoms with Crippen LogP contribution in [0.5, 0.6) is 0 Å². The molecule has 0 fully saturated rings. The van der Waals surface area contributed by atoms with Gasteiger partial charge >= 0.3 is 4.87 Å². The average molecular weight is 293 g/mol. The van der Waals surface area contributed by atoms with E-state index in [0.29, 0.717) is 23.6 Å². The van der Waals surface area contributed by atoms with Crippen molar-refractivity contribution in [1.82, 2.24) is 15.0 Å². The molecule has 0 atom stereocenters. The van der Waals surface area contributed by atoms with Gasteiger partial charge in [0.2, 0.25) is 5.91 Å². The number of thiazole rings is 1. The van der Waals surface area contributed by atoms with Gasteiger partial charge in [-0.2, -0.15) is 0 Å². The molecule has 1 amide bonds. The Labute approximate surface area is 109 Å².